The van der Waals surface area contributed by atoms with Crippen LogP contribution in [0, 0.1) is 13.8 Å². The third-order valence-corrected chi connectivity index (χ3v) is 3.83. The Morgan fingerprint density at radius 1 is 1.20 bits per heavy atom. The summed E-state index contributed by atoms with van der Waals surface area (Å²) in [6.07, 6.45) is 0.658. The van der Waals surface area contributed by atoms with Crippen LogP contribution in [0.25, 0.3) is 0 Å². The molecule has 1 atom stereocenters. The van der Waals surface area contributed by atoms with Gasteiger partial charge in [-0.05, 0) is 61.2 Å². The van der Waals surface area contributed by atoms with Gasteiger partial charge in [0.1, 0.15) is 17.2 Å². The Morgan fingerprint density at radius 2 is 1.80 bits per heavy atom. The van der Waals surface area contributed by atoms with E-state index in [0.717, 1.165) is 22.4 Å². The standard InChI is InChI=1S/C19H25N3O3/c1-12-8-14(10-15(20)11-22-19(24)21-3)9-13(2)18(12)25-17-6-4-16(23)5-7-17/h4-9,15,23H,10-11,20H2,1-3H3,(H2,21,22,24). The summed E-state index contributed by atoms with van der Waals surface area (Å²) in [5.74, 6) is 1.67. The van der Waals surface area contributed by atoms with Crippen molar-refractivity contribution < 1.29 is 14.6 Å². The summed E-state index contributed by atoms with van der Waals surface area (Å²) >= 11 is 0. The molecule has 25 heavy (non-hydrogen) atoms. The summed E-state index contributed by atoms with van der Waals surface area (Å²) in [5.41, 5.74) is 9.20. The van der Waals surface area contributed by atoms with E-state index < -0.39 is 0 Å². The first-order chi connectivity index (χ1) is 11.9. The minimum Gasteiger partial charge on any atom is -0.508 e. The number of ether oxygens (including phenoxy) is 1. The Labute approximate surface area is 148 Å². The van der Waals surface area contributed by atoms with E-state index in [0.29, 0.717) is 18.7 Å². The van der Waals surface area contributed by atoms with E-state index in [-0.39, 0.29) is 17.8 Å². The Hall–Kier alpha value is -2.73. The molecular formula is C19H25N3O3. The number of phenols is 1. The number of rotatable bonds is 6. The van der Waals surface area contributed by atoms with Crippen LogP contribution in [0.2, 0.25) is 0 Å². The van der Waals surface area contributed by atoms with Gasteiger partial charge in [0.15, 0.2) is 0 Å². The number of amides is 2. The number of nitrogens with two attached hydrogens (primary N) is 1. The molecule has 2 aromatic carbocycles. The number of phenolic OH excluding ortho intramolecular Hbond substituents is 1. The van der Waals surface area contributed by atoms with Crippen LogP contribution in [-0.2, 0) is 6.42 Å². The van der Waals surface area contributed by atoms with Gasteiger partial charge in [0.05, 0.1) is 0 Å². The van der Waals surface area contributed by atoms with Crippen molar-refractivity contribution in [3.63, 3.8) is 0 Å². The molecule has 6 nitrogen and oxygen atoms in total. The molecule has 2 rings (SSSR count). The molecule has 0 heterocycles. The van der Waals surface area contributed by atoms with Crippen LogP contribution in [0.5, 0.6) is 17.2 Å². The zero-order valence-electron chi connectivity index (χ0n) is 14.8. The lowest BCUT2D eigenvalue weighted by atomic mass is 10.0. The summed E-state index contributed by atoms with van der Waals surface area (Å²) < 4.78 is 5.94. The number of aryl methyl sites for hydroxylation is 2. The van der Waals surface area contributed by atoms with Gasteiger partial charge >= 0.3 is 6.03 Å². The van der Waals surface area contributed by atoms with Crippen molar-refractivity contribution in [1.29, 1.82) is 0 Å². The normalized spacial score (nSPS) is 11.7. The lowest BCUT2D eigenvalue weighted by molar-refractivity contribution is 0.242. The lowest BCUT2D eigenvalue weighted by Gasteiger charge is -2.16. The number of aromatic hydroxyl groups is 1. The van der Waals surface area contributed by atoms with Crippen molar-refractivity contribution in [2.24, 2.45) is 5.73 Å². The van der Waals surface area contributed by atoms with E-state index in [1.807, 2.05) is 26.0 Å². The summed E-state index contributed by atoms with van der Waals surface area (Å²) in [5, 5.41) is 14.6. The summed E-state index contributed by atoms with van der Waals surface area (Å²) in [6, 6.07) is 10.3. The highest BCUT2D eigenvalue weighted by atomic mass is 16.5. The molecule has 0 spiro atoms. The van der Waals surface area contributed by atoms with Crippen LogP contribution < -0.4 is 21.1 Å². The first kappa shape index (κ1) is 18.6. The predicted molar refractivity (Wildman–Crippen MR) is 98.2 cm³/mol. The minimum atomic E-state index is -0.236. The van der Waals surface area contributed by atoms with Crippen molar-refractivity contribution in [1.82, 2.24) is 10.6 Å². The fraction of sp³-hybridized carbons (Fsp3) is 0.316. The van der Waals surface area contributed by atoms with E-state index >= 15 is 0 Å². The summed E-state index contributed by atoms with van der Waals surface area (Å²) in [4.78, 5) is 11.2. The molecule has 0 aliphatic heterocycles. The molecule has 1 unspecified atom stereocenters. The smallest absolute Gasteiger partial charge is 0.314 e. The third kappa shape index (κ3) is 5.39. The zero-order chi connectivity index (χ0) is 18.4. The molecular weight excluding hydrogens is 318 g/mol. The second kappa shape index (κ2) is 8.39. The largest absolute Gasteiger partial charge is 0.508 e. The van der Waals surface area contributed by atoms with Gasteiger partial charge < -0.3 is 26.2 Å². The van der Waals surface area contributed by atoms with Crippen molar-refractivity contribution in [2.45, 2.75) is 26.3 Å². The molecule has 134 valence electrons. The van der Waals surface area contributed by atoms with Crippen LogP contribution in [-0.4, -0.2) is 30.8 Å². The number of urea groups is 1. The maximum absolute atomic E-state index is 11.2. The molecule has 0 saturated carbocycles. The van der Waals surface area contributed by atoms with E-state index in [4.69, 9.17) is 10.5 Å². The van der Waals surface area contributed by atoms with E-state index in [1.165, 1.54) is 0 Å². The van der Waals surface area contributed by atoms with Crippen LogP contribution in [0.15, 0.2) is 36.4 Å². The molecule has 0 saturated heterocycles. The first-order valence-electron chi connectivity index (χ1n) is 8.17. The fourth-order valence-corrected chi connectivity index (χ4v) is 2.64. The Kier molecular flexibility index (Phi) is 6.25. The molecule has 0 aliphatic rings. The number of benzene rings is 2. The molecule has 6 heteroatoms. The second-order valence-electron chi connectivity index (χ2n) is 6.08. The number of carbonyl (C=O) groups excluding carboxylic acids is 1. The fourth-order valence-electron chi connectivity index (χ4n) is 2.64. The van der Waals surface area contributed by atoms with Crippen LogP contribution in [0.4, 0.5) is 4.79 Å². The van der Waals surface area contributed by atoms with Gasteiger partial charge in [-0.1, -0.05) is 12.1 Å². The van der Waals surface area contributed by atoms with Crippen LogP contribution in [0.1, 0.15) is 16.7 Å². The SMILES string of the molecule is CNC(=O)NCC(N)Cc1cc(C)c(Oc2ccc(O)cc2)c(C)c1. The molecule has 2 amide bonds. The summed E-state index contributed by atoms with van der Waals surface area (Å²) in [7, 11) is 1.57. The minimum absolute atomic E-state index is 0.167. The quantitative estimate of drug-likeness (QED) is 0.648. The monoisotopic (exact) mass is 343 g/mol. The number of hydrogen-bond donors (Lipinski definition) is 4. The van der Waals surface area contributed by atoms with E-state index in [2.05, 4.69) is 10.6 Å². The highest BCUT2D eigenvalue weighted by molar-refractivity contribution is 5.73. The highest BCUT2D eigenvalue weighted by Crippen LogP contribution is 2.30. The van der Waals surface area contributed by atoms with Gasteiger partial charge in [-0.15, -0.1) is 0 Å². The van der Waals surface area contributed by atoms with Gasteiger partial charge in [0.2, 0.25) is 0 Å². The number of nitrogens with one attached hydrogen (secondary N) is 2. The van der Waals surface area contributed by atoms with Crippen molar-refractivity contribution in [3.8, 4) is 17.2 Å². The van der Waals surface area contributed by atoms with Crippen molar-refractivity contribution >= 4 is 6.03 Å². The van der Waals surface area contributed by atoms with E-state index in [1.54, 1.807) is 31.3 Å². The third-order valence-electron chi connectivity index (χ3n) is 3.83. The zero-order valence-corrected chi connectivity index (χ0v) is 14.8. The molecule has 0 fully saturated rings. The first-order valence-corrected chi connectivity index (χ1v) is 8.17. The Bertz CT molecular complexity index is 706. The van der Waals surface area contributed by atoms with Crippen molar-refractivity contribution in [2.75, 3.05) is 13.6 Å². The van der Waals surface area contributed by atoms with Gasteiger partial charge in [-0.3, -0.25) is 0 Å². The topological polar surface area (TPSA) is 96.6 Å². The Balaban J connectivity index is 2.06. The van der Waals surface area contributed by atoms with Crippen LogP contribution >= 0.6 is 0 Å². The highest BCUT2D eigenvalue weighted by Gasteiger charge is 2.11. The molecule has 0 bridgehead atoms. The maximum Gasteiger partial charge on any atom is 0.314 e. The molecule has 0 aliphatic carbocycles. The lowest BCUT2D eigenvalue weighted by Crippen LogP contribution is -2.42. The average molecular weight is 343 g/mol. The van der Waals surface area contributed by atoms with Crippen LogP contribution in [0.3, 0.4) is 0 Å². The maximum atomic E-state index is 11.2. The molecule has 0 radical (unpaired) electrons. The van der Waals surface area contributed by atoms with E-state index in [9.17, 15) is 9.90 Å². The van der Waals surface area contributed by atoms with Gasteiger partial charge in [0.25, 0.3) is 0 Å². The summed E-state index contributed by atoms with van der Waals surface area (Å²) in [6.45, 7) is 4.38. The molecule has 5 N–H and O–H groups in total. The molecule has 0 aromatic heterocycles. The van der Waals surface area contributed by atoms with Crippen molar-refractivity contribution in [3.05, 3.63) is 53.1 Å². The second-order valence-corrected chi connectivity index (χ2v) is 6.08. The van der Waals surface area contributed by atoms with Gasteiger partial charge in [-0.2, -0.15) is 0 Å². The van der Waals surface area contributed by atoms with Gasteiger partial charge in [-0.25, -0.2) is 4.79 Å². The number of hydrogen-bond acceptors (Lipinski definition) is 4. The predicted octanol–water partition coefficient (Wildman–Crippen LogP) is 2.60. The number of carbonyl (C=O) groups is 1. The Morgan fingerprint density at radius 3 is 2.36 bits per heavy atom. The molecule has 2 aromatic rings. The van der Waals surface area contributed by atoms with Gasteiger partial charge in [0, 0.05) is 19.6 Å². The average Bonchev–Trinajstić information content (AvgIpc) is 2.57.